The molecule has 1 heterocycles. The van der Waals surface area contributed by atoms with Crippen LogP contribution in [-0.4, -0.2) is 60.1 Å². The number of piperidine rings is 1. The number of rotatable bonds is 5. The standard InChI is InChI=1S/C21H27N3O3/c1-23(2)19-12-13-24(14-16(19)10-11-20(25)26)21(27)22-18-9-5-7-15-6-3-4-8-17(15)18/h3-9,16,19H,10-14H2,1-2H3,(H,22,27)(H,25,26)/t16-,19+/m1/s1. The van der Waals surface area contributed by atoms with Gasteiger partial charge in [0.25, 0.3) is 0 Å². The highest BCUT2D eigenvalue weighted by molar-refractivity contribution is 6.01. The average molecular weight is 369 g/mol. The zero-order valence-electron chi connectivity index (χ0n) is 15.9. The molecule has 0 aliphatic carbocycles. The molecule has 1 aliphatic heterocycles. The van der Waals surface area contributed by atoms with Gasteiger partial charge in [0.05, 0.1) is 5.69 Å². The highest BCUT2D eigenvalue weighted by Crippen LogP contribution is 2.27. The molecule has 2 aromatic rings. The van der Waals surface area contributed by atoms with E-state index in [9.17, 15) is 9.59 Å². The Kier molecular flexibility index (Phi) is 5.96. The molecular weight excluding hydrogens is 342 g/mol. The SMILES string of the molecule is CN(C)[C@H]1CCN(C(=O)Nc2cccc3ccccc23)C[C@H]1CCC(=O)O. The summed E-state index contributed by atoms with van der Waals surface area (Å²) >= 11 is 0. The number of nitrogens with zero attached hydrogens (tertiary/aromatic N) is 2. The third kappa shape index (κ3) is 4.57. The molecular formula is C21H27N3O3. The third-order valence-corrected chi connectivity index (χ3v) is 5.40. The van der Waals surface area contributed by atoms with Crippen LogP contribution in [0.2, 0.25) is 0 Å². The van der Waals surface area contributed by atoms with Gasteiger partial charge in [-0.3, -0.25) is 4.79 Å². The van der Waals surface area contributed by atoms with Crippen LogP contribution in [0, 0.1) is 5.92 Å². The zero-order chi connectivity index (χ0) is 19.4. The van der Waals surface area contributed by atoms with Gasteiger partial charge in [0.1, 0.15) is 0 Å². The van der Waals surface area contributed by atoms with Gasteiger partial charge < -0.3 is 20.2 Å². The summed E-state index contributed by atoms with van der Waals surface area (Å²) in [6.45, 7) is 1.25. The van der Waals surface area contributed by atoms with Crippen LogP contribution in [0.4, 0.5) is 10.5 Å². The maximum Gasteiger partial charge on any atom is 0.321 e. The molecule has 0 aromatic heterocycles. The molecule has 2 atom stereocenters. The lowest BCUT2D eigenvalue weighted by Crippen LogP contribution is -2.51. The van der Waals surface area contributed by atoms with Crippen molar-refractivity contribution in [2.45, 2.75) is 25.3 Å². The number of fused-ring (bicyclic) bond motifs is 1. The van der Waals surface area contributed by atoms with E-state index in [0.717, 1.165) is 22.9 Å². The smallest absolute Gasteiger partial charge is 0.321 e. The fraction of sp³-hybridized carbons (Fsp3) is 0.429. The molecule has 0 spiro atoms. The summed E-state index contributed by atoms with van der Waals surface area (Å²) in [5.41, 5.74) is 0.801. The predicted octanol–water partition coefficient (Wildman–Crippen LogP) is 3.49. The maximum absolute atomic E-state index is 12.9. The molecule has 3 rings (SSSR count). The summed E-state index contributed by atoms with van der Waals surface area (Å²) in [4.78, 5) is 27.8. The van der Waals surface area contributed by atoms with E-state index in [1.54, 1.807) is 0 Å². The van der Waals surface area contributed by atoms with Crippen molar-refractivity contribution in [3.05, 3.63) is 42.5 Å². The Labute approximate surface area is 159 Å². The molecule has 1 saturated heterocycles. The lowest BCUT2D eigenvalue weighted by atomic mass is 9.87. The molecule has 0 radical (unpaired) electrons. The normalized spacial score (nSPS) is 20.0. The number of carbonyl (C=O) groups excluding carboxylic acids is 1. The maximum atomic E-state index is 12.9. The van der Waals surface area contributed by atoms with Crippen molar-refractivity contribution in [1.82, 2.24) is 9.80 Å². The van der Waals surface area contributed by atoms with Crippen molar-refractivity contribution < 1.29 is 14.7 Å². The van der Waals surface area contributed by atoms with E-state index in [4.69, 9.17) is 5.11 Å². The Balaban J connectivity index is 1.71. The van der Waals surface area contributed by atoms with Gasteiger partial charge in [-0.1, -0.05) is 36.4 Å². The van der Waals surface area contributed by atoms with Gasteiger partial charge >= 0.3 is 12.0 Å². The van der Waals surface area contributed by atoms with Gasteiger partial charge in [-0.25, -0.2) is 4.79 Å². The largest absolute Gasteiger partial charge is 0.481 e. The minimum atomic E-state index is -0.787. The number of likely N-dealkylation sites (tertiary alicyclic amines) is 1. The minimum Gasteiger partial charge on any atom is -0.481 e. The Morgan fingerprint density at radius 2 is 1.93 bits per heavy atom. The minimum absolute atomic E-state index is 0.121. The molecule has 2 amide bonds. The number of hydrogen-bond acceptors (Lipinski definition) is 3. The highest BCUT2D eigenvalue weighted by atomic mass is 16.4. The van der Waals surface area contributed by atoms with Gasteiger partial charge in [0.15, 0.2) is 0 Å². The van der Waals surface area contributed by atoms with Crippen LogP contribution in [0.1, 0.15) is 19.3 Å². The second-order valence-corrected chi connectivity index (χ2v) is 7.42. The second-order valence-electron chi connectivity index (χ2n) is 7.42. The summed E-state index contributed by atoms with van der Waals surface area (Å²) in [6, 6.07) is 14.0. The van der Waals surface area contributed by atoms with E-state index in [2.05, 4.69) is 10.2 Å². The van der Waals surface area contributed by atoms with Gasteiger partial charge in [-0.2, -0.15) is 0 Å². The lowest BCUT2D eigenvalue weighted by Gasteiger charge is -2.41. The molecule has 1 fully saturated rings. The topological polar surface area (TPSA) is 72.9 Å². The van der Waals surface area contributed by atoms with E-state index in [1.165, 1.54) is 0 Å². The first-order valence-electron chi connectivity index (χ1n) is 9.37. The van der Waals surface area contributed by atoms with E-state index in [0.29, 0.717) is 25.6 Å². The Morgan fingerprint density at radius 3 is 2.67 bits per heavy atom. The van der Waals surface area contributed by atoms with E-state index in [1.807, 2.05) is 61.5 Å². The van der Waals surface area contributed by atoms with Gasteiger partial charge in [0, 0.05) is 30.9 Å². The quantitative estimate of drug-likeness (QED) is 0.846. The molecule has 144 valence electrons. The molecule has 1 aliphatic rings. The summed E-state index contributed by atoms with van der Waals surface area (Å²) in [7, 11) is 4.04. The van der Waals surface area contributed by atoms with Crippen LogP contribution in [0.3, 0.4) is 0 Å². The molecule has 6 heteroatoms. The number of carbonyl (C=O) groups is 2. The number of carboxylic acid groups (broad SMARTS) is 1. The molecule has 0 unspecified atom stereocenters. The molecule has 2 N–H and O–H groups in total. The second kappa shape index (κ2) is 8.39. The van der Waals surface area contributed by atoms with Crippen LogP contribution >= 0.6 is 0 Å². The zero-order valence-corrected chi connectivity index (χ0v) is 15.9. The number of urea groups is 1. The number of hydrogen-bond donors (Lipinski definition) is 2. The van der Waals surface area contributed by atoms with Crippen LogP contribution in [-0.2, 0) is 4.79 Å². The monoisotopic (exact) mass is 369 g/mol. The van der Waals surface area contributed by atoms with Gasteiger partial charge in [0.2, 0.25) is 0 Å². The number of aliphatic carboxylic acids is 1. The van der Waals surface area contributed by atoms with Crippen molar-refractivity contribution in [1.29, 1.82) is 0 Å². The third-order valence-electron chi connectivity index (χ3n) is 5.40. The van der Waals surface area contributed by atoms with E-state index in [-0.39, 0.29) is 18.4 Å². The van der Waals surface area contributed by atoms with Crippen molar-refractivity contribution in [3.8, 4) is 0 Å². The molecule has 27 heavy (non-hydrogen) atoms. The van der Waals surface area contributed by atoms with E-state index < -0.39 is 5.97 Å². The lowest BCUT2D eigenvalue weighted by molar-refractivity contribution is -0.137. The molecule has 0 bridgehead atoms. The Hall–Kier alpha value is -2.60. The highest BCUT2D eigenvalue weighted by Gasteiger charge is 2.33. The van der Waals surface area contributed by atoms with Crippen molar-refractivity contribution >= 4 is 28.5 Å². The van der Waals surface area contributed by atoms with Crippen LogP contribution in [0.5, 0.6) is 0 Å². The number of benzene rings is 2. The van der Waals surface area contributed by atoms with Crippen LogP contribution in [0.25, 0.3) is 10.8 Å². The fourth-order valence-electron chi connectivity index (χ4n) is 4.01. The summed E-state index contributed by atoms with van der Waals surface area (Å²) in [6.07, 6.45) is 1.56. The first-order chi connectivity index (χ1) is 13.0. The predicted molar refractivity (Wildman–Crippen MR) is 107 cm³/mol. The van der Waals surface area contributed by atoms with Crippen molar-refractivity contribution in [2.75, 3.05) is 32.5 Å². The molecule has 6 nitrogen and oxygen atoms in total. The number of carboxylic acids is 1. The molecule has 2 aromatic carbocycles. The van der Waals surface area contributed by atoms with Crippen LogP contribution in [0.15, 0.2) is 42.5 Å². The average Bonchev–Trinajstić information content (AvgIpc) is 2.66. The first-order valence-corrected chi connectivity index (χ1v) is 9.37. The van der Waals surface area contributed by atoms with Gasteiger partial charge in [-0.15, -0.1) is 0 Å². The Bertz CT molecular complexity index is 816. The van der Waals surface area contributed by atoms with Crippen molar-refractivity contribution in [2.24, 2.45) is 5.92 Å². The van der Waals surface area contributed by atoms with Crippen LogP contribution < -0.4 is 5.32 Å². The Morgan fingerprint density at radius 1 is 1.19 bits per heavy atom. The summed E-state index contributed by atoms with van der Waals surface area (Å²) in [5, 5.41) is 14.2. The number of nitrogens with one attached hydrogen (secondary N) is 1. The summed E-state index contributed by atoms with van der Waals surface area (Å²) < 4.78 is 0. The number of anilines is 1. The number of amides is 2. The van der Waals surface area contributed by atoms with Gasteiger partial charge in [-0.05, 0) is 44.3 Å². The van der Waals surface area contributed by atoms with E-state index >= 15 is 0 Å². The summed E-state index contributed by atoms with van der Waals surface area (Å²) in [5.74, 6) is -0.632. The van der Waals surface area contributed by atoms with Crippen molar-refractivity contribution in [3.63, 3.8) is 0 Å². The molecule has 0 saturated carbocycles. The fourth-order valence-corrected chi connectivity index (χ4v) is 4.01. The first kappa shape index (κ1) is 19.2.